The number of ether oxygens (including phenoxy) is 1. The Morgan fingerprint density at radius 2 is 1.88 bits per heavy atom. The fraction of sp³-hybridized carbons (Fsp3) is 0.364. The van der Waals surface area contributed by atoms with Crippen LogP contribution in [0.4, 0.5) is 0 Å². The second-order valence-electron chi connectivity index (χ2n) is 7.47. The molecule has 3 nitrogen and oxygen atoms in total. The molecule has 0 atom stereocenters. The van der Waals surface area contributed by atoms with Crippen molar-refractivity contribution in [2.24, 2.45) is 5.92 Å². The molecule has 0 radical (unpaired) electrons. The zero-order chi connectivity index (χ0) is 17.4. The number of hydrogen-bond acceptors (Lipinski definition) is 3. The van der Waals surface area contributed by atoms with Crippen LogP contribution in [-0.2, 0) is 0 Å². The van der Waals surface area contributed by atoms with Gasteiger partial charge in [0.15, 0.2) is 5.78 Å². The molecule has 0 aromatic heterocycles. The zero-order valence-electron chi connectivity index (χ0n) is 14.4. The van der Waals surface area contributed by atoms with Gasteiger partial charge in [-0.25, -0.2) is 0 Å². The number of ketones is 1. The van der Waals surface area contributed by atoms with E-state index in [-0.39, 0.29) is 11.4 Å². The Morgan fingerprint density at radius 3 is 2.64 bits per heavy atom. The van der Waals surface area contributed by atoms with Crippen molar-refractivity contribution in [2.75, 3.05) is 0 Å². The molecule has 1 fully saturated rings. The lowest BCUT2D eigenvalue weighted by atomic mass is 9.75. The molecule has 0 amide bonds. The largest absolute Gasteiger partial charge is 0.486 e. The van der Waals surface area contributed by atoms with Crippen LogP contribution in [0.2, 0.25) is 0 Å². The lowest BCUT2D eigenvalue weighted by Crippen LogP contribution is -2.44. The Hall–Kier alpha value is -2.60. The number of fused-ring (bicyclic) bond motifs is 1. The Kier molecular flexibility index (Phi) is 3.84. The van der Waals surface area contributed by atoms with Gasteiger partial charge < -0.3 is 4.74 Å². The average molecular weight is 331 g/mol. The molecule has 126 valence electrons. The van der Waals surface area contributed by atoms with Crippen LogP contribution in [0.5, 0.6) is 5.75 Å². The van der Waals surface area contributed by atoms with Gasteiger partial charge in [0, 0.05) is 0 Å². The predicted octanol–water partition coefficient (Wildman–Crippen LogP) is 5.14. The molecule has 4 rings (SSSR count). The van der Waals surface area contributed by atoms with Crippen molar-refractivity contribution < 1.29 is 9.53 Å². The summed E-state index contributed by atoms with van der Waals surface area (Å²) >= 11 is 0. The summed E-state index contributed by atoms with van der Waals surface area (Å²) in [5.41, 5.74) is 2.89. The fourth-order valence-electron chi connectivity index (χ4n) is 4.01. The van der Waals surface area contributed by atoms with Crippen LogP contribution in [-0.4, -0.2) is 11.4 Å². The number of nitrogens with zero attached hydrogens (tertiary/aromatic N) is 1. The van der Waals surface area contributed by atoms with E-state index in [1.54, 1.807) is 6.07 Å². The predicted molar refractivity (Wildman–Crippen MR) is 96.5 cm³/mol. The number of rotatable bonds is 1. The molecule has 1 aliphatic heterocycles. The van der Waals surface area contributed by atoms with Crippen molar-refractivity contribution >= 4 is 5.78 Å². The topological polar surface area (TPSA) is 50.1 Å². The number of carbonyl (C=O) groups excluding carboxylic acids is 1. The number of Topliss-reactive ketones (excluding diaryl/α,β-unsaturated/α-hetero) is 1. The Bertz CT molecular complexity index is 870. The van der Waals surface area contributed by atoms with E-state index in [0.29, 0.717) is 23.3 Å². The number of carbonyl (C=O) groups is 1. The number of nitriles is 1. The molecule has 1 heterocycles. The third kappa shape index (κ3) is 2.93. The van der Waals surface area contributed by atoms with Crippen LogP contribution >= 0.6 is 0 Å². The van der Waals surface area contributed by atoms with E-state index in [1.165, 1.54) is 0 Å². The van der Waals surface area contributed by atoms with Gasteiger partial charge in [0.2, 0.25) is 0 Å². The summed E-state index contributed by atoms with van der Waals surface area (Å²) in [7, 11) is 0. The lowest BCUT2D eigenvalue weighted by Gasteiger charge is -2.42. The molecular weight excluding hydrogens is 310 g/mol. The maximum absolute atomic E-state index is 12.8. The molecule has 1 spiro atoms. The molecular formula is C22H21NO2. The van der Waals surface area contributed by atoms with Gasteiger partial charge in [0.1, 0.15) is 11.4 Å². The molecule has 0 bridgehead atoms. The molecule has 2 aliphatic rings. The van der Waals surface area contributed by atoms with Gasteiger partial charge in [-0.2, -0.15) is 5.26 Å². The van der Waals surface area contributed by atoms with Gasteiger partial charge in [-0.3, -0.25) is 4.79 Å². The van der Waals surface area contributed by atoms with Gasteiger partial charge in [0.25, 0.3) is 0 Å². The standard InChI is InChI=1S/C22H21NO2/c1-15-7-9-22(10-8-15)13-20(24)19-12-18(5-6-21(19)25-22)17-4-2-3-16(11-17)14-23/h2-6,11-12,15H,7-10,13H2,1H3. The van der Waals surface area contributed by atoms with Crippen molar-refractivity contribution in [2.45, 2.75) is 44.6 Å². The van der Waals surface area contributed by atoms with E-state index in [1.807, 2.05) is 36.4 Å². The minimum atomic E-state index is -0.293. The summed E-state index contributed by atoms with van der Waals surface area (Å²) < 4.78 is 6.34. The molecule has 0 saturated heterocycles. The summed E-state index contributed by atoms with van der Waals surface area (Å²) in [4.78, 5) is 12.8. The highest BCUT2D eigenvalue weighted by atomic mass is 16.5. The van der Waals surface area contributed by atoms with Crippen molar-refractivity contribution in [1.29, 1.82) is 5.26 Å². The van der Waals surface area contributed by atoms with E-state index in [2.05, 4.69) is 13.0 Å². The van der Waals surface area contributed by atoms with Crippen molar-refractivity contribution in [1.82, 2.24) is 0 Å². The third-order valence-electron chi connectivity index (χ3n) is 5.60. The fourth-order valence-corrected chi connectivity index (χ4v) is 4.01. The first kappa shape index (κ1) is 15.9. The van der Waals surface area contributed by atoms with Crippen molar-refractivity contribution in [3.05, 3.63) is 53.6 Å². The van der Waals surface area contributed by atoms with Crippen molar-refractivity contribution in [3.63, 3.8) is 0 Å². The molecule has 0 unspecified atom stereocenters. The third-order valence-corrected chi connectivity index (χ3v) is 5.60. The summed E-state index contributed by atoms with van der Waals surface area (Å²) in [5.74, 6) is 1.61. The quantitative estimate of drug-likeness (QED) is 0.727. The van der Waals surface area contributed by atoms with Gasteiger partial charge in [-0.1, -0.05) is 25.1 Å². The highest BCUT2D eigenvalue weighted by Gasteiger charge is 2.42. The second kappa shape index (κ2) is 6.04. The van der Waals surface area contributed by atoms with Gasteiger partial charge in [0.05, 0.1) is 23.6 Å². The summed E-state index contributed by atoms with van der Waals surface area (Å²) in [5, 5.41) is 9.08. The molecule has 0 N–H and O–H groups in total. The second-order valence-corrected chi connectivity index (χ2v) is 7.47. The lowest BCUT2D eigenvalue weighted by molar-refractivity contribution is 0.00404. The SMILES string of the molecule is CC1CCC2(CC1)CC(=O)c1cc(-c3cccc(C#N)c3)ccc1O2. The Morgan fingerprint density at radius 1 is 1.12 bits per heavy atom. The van der Waals surface area contributed by atoms with E-state index in [0.717, 1.165) is 42.7 Å². The van der Waals surface area contributed by atoms with Crippen molar-refractivity contribution in [3.8, 4) is 22.9 Å². The van der Waals surface area contributed by atoms with Gasteiger partial charge >= 0.3 is 0 Å². The smallest absolute Gasteiger partial charge is 0.170 e. The number of hydrogen-bond donors (Lipinski definition) is 0. The molecule has 2 aromatic carbocycles. The van der Waals surface area contributed by atoms with E-state index >= 15 is 0 Å². The average Bonchev–Trinajstić information content (AvgIpc) is 2.64. The summed E-state index contributed by atoms with van der Waals surface area (Å²) in [6.07, 6.45) is 4.66. The Labute approximate surface area is 148 Å². The first-order valence-electron chi connectivity index (χ1n) is 8.95. The van der Waals surface area contributed by atoms with Crippen LogP contribution < -0.4 is 4.74 Å². The van der Waals surface area contributed by atoms with Crippen LogP contribution in [0, 0.1) is 17.2 Å². The maximum atomic E-state index is 12.8. The maximum Gasteiger partial charge on any atom is 0.170 e. The normalized spacial score (nSPS) is 25.1. The monoisotopic (exact) mass is 331 g/mol. The number of benzene rings is 2. The highest BCUT2D eigenvalue weighted by Crippen LogP contribution is 2.44. The Balaban J connectivity index is 1.67. The first-order valence-corrected chi connectivity index (χ1v) is 8.95. The van der Waals surface area contributed by atoms with Gasteiger partial charge in [-0.15, -0.1) is 0 Å². The zero-order valence-corrected chi connectivity index (χ0v) is 14.4. The highest BCUT2D eigenvalue weighted by molar-refractivity contribution is 6.01. The first-order chi connectivity index (χ1) is 12.1. The summed E-state index contributed by atoms with van der Waals surface area (Å²) in [6, 6.07) is 15.4. The molecule has 1 saturated carbocycles. The minimum Gasteiger partial charge on any atom is -0.486 e. The molecule has 3 heteroatoms. The molecule has 25 heavy (non-hydrogen) atoms. The van der Waals surface area contributed by atoms with Crippen LogP contribution in [0.15, 0.2) is 42.5 Å². The van der Waals surface area contributed by atoms with E-state index in [9.17, 15) is 4.79 Å². The van der Waals surface area contributed by atoms with Crippen LogP contribution in [0.3, 0.4) is 0 Å². The van der Waals surface area contributed by atoms with E-state index in [4.69, 9.17) is 10.00 Å². The molecule has 1 aliphatic carbocycles. The van der Waals surface area contributed by atoms with E-state index < -0.39 is 0 Å². The summed E-state index contributed by atoms with van der Waals surface area (Å²) in [6.45, 7) is 2.27. The van der Waals surface area contributed by atoms with Crippen LogP contribution in [0.25, 0.3) is 11.1 Å². The van der Waals surface area contributed by atoms with Gasteiger partial charge in [-0.05, 0) is 67.0 Å². The minimum absolute atomic E-state index is 0.175. The molecule has 2 aromatic rings. The van der Waals surface area contributed by atoms with Crippen LogP contribution in [0.1, 0.15) is 54.9 Å².